The number of aliphatic hydroxyl groups is 6. The fourth-order valence-electron chi connectivity index (χ4n) is 6.37. The van der Waals surface area contributed by atoms with Crippen LogP contribution >= 0.6 is 0 Å². The van der Waals surface area contributed by atoms with E-state index in [1.54, 1.807) is 18.2 Å². The Balaban J connectivity index is 1.28. The van der Waals surface area contributed by atoms with E-state index < -0.39 is 91.4 Å². The maximum atomic E-state index is 11.1. The Labute approximate surface area is 294 Å². The standard InChI is InChI=1S/C35H36O17/c1-12-25(40)28(43)30(45)34(48-12)47-11-23-27(42)29(44)31(46)35(51-23)52-33-17-10-20(13-2-4-15(36)5-3-13)49-21-8-16(37)9-22(24(17)21)50-32(33)14-6-18(38)26(41)19(39)7-14/h2-10,12,20,23,25,27-31,34-46H,11H2,1H3. The second-order valence-corrected chi connectivity index (χ2v) is 12.8. The van der Waals surface area contributed by atoms with Crippen molar-refractivity contribution in [3.63, 3.8) is 0 Å². The van der Waals surface area contributed by atoms with E-state index in [4.69, 9.17) is 28.4 Å². The molecule has 2 saturated heterocycles. The van der Waals surface area contributed by atoms with Crippen LogP contribution in [0.4, 0.5) is 0 Å². The first kappa shape index (κ1) is 35.6. The Morgan fingerprint density at radius 2 is 1.31 bits per heavy atom. The topological polar surface area (TPSA) is 278 Å². The lowest BCUT2D eigenvalue weighted by Crippen LogP contribution is -2.61. The summed E-state index contributed by atoms with van der Waals surface area (Å²) in [6, 6.07) is 10.8. The molecule has 4 heterocycles. The number of phenols is 5. The molecule has 278 valence electrons. The Morgan fingerprint density at radius 3 is 2.00 bits per heavy atom. The molecular formula is C35H36O17. The van der Waals surface area contributed by atoms with Crippen LogP contribution in [0.3, 0.4) is 0 Å². The van der Waals surface area contributed by atoms with Gasteiger partial charge in [-0.05, 0) is 42.8 Å². The van der Waals surface area contributed by atoms with Gasteiger partial charge in [-0.25, -0.2) is 0 Å². The van der Waals surface area contributed by atoms with Crippen LogP contribution in [0.2, 0.25) is 0 Å². The molecule has 0 saturated carbocycles. The van der Waals surface area contributed by atoms with Crippen molar-refractivity contribution in [2.45, 2.75) is 74.4 Å². The van der Waals surface area contributed by atoms with E-state index >= 15 is 0 Å². The second kappa shape index (κ2) is 13.6. The van der Waals surface area contributed by atoms with E-state index in [9.17, 15) is 56.2 Å². The number of rotatable bonds is 7. The third-order valence-corrected chi connectivity index (χ3v) is 9.24. The molecular weight excluding hydrogens is 692 g/mol. The Morgan fingerprint density at radius 1 is 0.673 bits per heavy atom. The Bertz CT molecular complexity index is 1870. The van der Waals surface area contributed by atoms with Gasteiger partial charge in [0.2, 0.25) is 6.29 Å². The fourth-order valence-corrected chi connectivity index (χ4v) is 6.37. The number of benzene rings is 3. The highest BCUT2D eigenvalue weighted by Crippen LogP contribution is 2.53. The lowest BCUT2D eigenvalue weighted by molar-refractivity contribution is -0.323. The summed E-state index contributed by atoms with van der Waals surface area (Å²) in [5.74, 6) is -2.83. The molecule has 11 unspecified atom stereocenters. The molecule has 17 heteroatoms. The van der Waals surface area contributed by atoms with Crippen LogP contribution in [-0.4, -0.2) is 124 Å². The monoisotopic (exact) mass is 728 g/mol. The molecule has 4 aliphatic heterocycles. The van der Waals surface area contributed by atoms with Crippen LogP contribution in [0, 0.1) is 0 Å². The minimum Gasteiger partial charge on any atom is -0.508 e. The Kier molecular flexibility index (Phi) is 9.32. The van der Waals surface area contributed by atoms with Gasteiger partial charge in [0.15, 0.2) is 35.1 Å². The highest BCUT2D eigenvalue weighted by Gasteiger charge is 2.48. The molecule has 3 aromatic carbocycles. The van der Waals surface area contributed by atoms with Crippen molar-refractivity contribution in [1.82, 2.24) is 0 Å². The van der Waals surface area contributed by atoms with Gasteiger partial charge in [-0.2, -0.15) is 0 Å². The van der Waals surface area contributed by atoms with Gasteiger partial charge in [0, 0.05) is 23.3 Å². The van der Waals surface area contributed by atoms with Gasteiger partial charge in [0.1, 0.15) is 71.8 Å². The van der Waals surface area contributed by atoms with Crippen molar-refractivity contribution in [3.05, 3.63) is 77.1 Å². The van der Waals surface area contributed by atoms with E-state index in [-0.39, 0.29) is 51.2 Å². The maximum absolute atomic E-state index is 11.1. The minimum atomic E-state index is -1.91. The predicted octanol–water partition coefficient (Wildman–Crippen LogP) is 0.161. The molecule has 0 amide bonds. The first-order valence-corrected chi connectivity index (χ1v) is 16.1. The number of phenolic OH excluding ortho intramolecular Hbond substituents is 5. The SMILES string of the molecule is CC1OC(OCC2OC(OC3=C(c4cc(O)c(O)c(O)c4)Oc4cc(O)cc5c4C3=CC(c3ccc(O)cc3)O5)C(O)C(O)C2O)C(O)C(O)C1O. The average Bonchev–Trinajstić information content (AvgIpc) is 3.11. The number of allylic oxidation sites excluding steroid dienone is 1. The summed E-state index contributed by atoms with van der Waals surface area (Å²) in [5, 5.41) is 115. The van der Waals surface area contributed by atoms with E-state index in [0.717, 1.165) is 12.1 Å². The second-order valence-electron chi connectivity index (χ2n) is 12.8. The zero-order valence-electron chi connectivity index (χ0n) is 27.1. The molecule has 0 aromatic heterocycles. The summed E-state index contributed by atoms with van der Waals surface area (Å²) in [6.45, 7) is 0.870. The molecule has 7 rings (SSSR count). The number of aliphatic hydroxyl groups excluding tert-OH is 6. The van der Waals surface area contributed by atoms with Crippen molar-refractivity contribution in [2.75, 3.05) is 6.61 Å². The van der Waals surface area contributed by atoms with Crippen molar-refractivity contribution < 1.29 is 84.6 Å². The van der Waals surface area contributed by atoms with Gasteiger partial charge in [0.05, 0.1) is 18.3 Å². The first-order chi connectivity index (χ1) is 24.7. The number of aromatic hydroxyl groups is 5. The number of hydrogen-bond acceptors (Lipinski definition) is 17. The summed E-state index contributed by atoms with van der Waals surface area (Å²) in [5.41, 5.74) is 0.989. The zero-order chi connectivity index (χ0) is 37.2. The van der Waals surface area contributed by atoms with Gasteiger partial charge in [-0.15, -0.1) is 0 Å². The smallest absolute Gasteiger partial charge is 0.229 e. The third-order valence-electron chi connectivity index (χ3n) is 9.24. The first-order valence-electron chi connectivity index (χ1n) is 16.1. The molecule has 11 atom stereocenters. The largest absolute Gasteiger partial charge is 0.508 e. The lowest BCUT2D eigenvalue weighted by atomic mass is 9.91. The van der Waals surface area contributed by atoms with Crippen LogP contribution in [0.5, 0.6) is 40.2 Å². The van der Waals surface area contributed by atoms with Crippen LogP contribution in [0.1, 0.15) is 29.7 Å². The van der Waals surface area contributed by atoms with Crippen molar-refractivity contribution in [3.8, 4) is 40.2 Å². The number of hydrogen-bond donors (Lipinski definition) is 11. The molecule has 0 bridgehead atoms. The molecule has 0 aliphatic carbocycles. The highest BCUT2D eigenvalue weighted by molar-refractivity contribution is 5.95. The van der Waals surface area contributed by atoms with E-state index in [0.29, 0.717) is 5.56 Å². The summed E-state index contributed by atoms with van der Waals surface area (Å²) < 4.78 is 35.5. The summed E-state index contributed by atoms with van der Waals surface area (Å²) >= 11 is 0. The van der Waals surface area contributed by atoms with Gasteiger partial charge >= 0.3 is 0 Å². The average molecular weight is 729 g/mol. The van der Waals surface area contributed by atoms with E-state index in [1.807, 2.05) is 0 Å². The van der Waals surface area contributed by atoms with Gasteiger partial charge in [-0.3, -0.25) is 0 Å². The van der Waals surface area contributed by atoms with E-state index in [2.05, 4.69) is 0 Å². The lowest BCUT2D eigenvalue weighted by Gasteiger charge is -2.43. The predicted molar refractivity (Wildman–Crippen MR) is 173 cm³/mol. The Hall–Kier alpha value is -4.82. The fraction of sp³-hybridized carbons (Fsp3) is 0.371. The molecule has 2 fully saturated rings. The highest BCUT2D eigenvalue weighted by atomic mass is 16.7. The third kappa shape index (κ3) is 6.31. The summed E-state index contributed by atoms with van der Waals surface area (Å²) in [7, 11) is 0. The van der Waals surface area contributed by atoms with Crippen LogP contribution < -0.4 is 9.47 Å². The zero-order valence-corrected chi connectivity index (χ0v) is 27.1. The molecule has 3 aromatic rings. The maximum Gasteiger partial charge on any atom is 0.229 e. The van der Waals surface area contributed by atoms with Gasteiger partial charge in [0.25, 0.3) is 0 Å². The molecule has 17 nitrogen and oxygen atoms in total. The normalized spacial score (nSPS) is 32.7. The van der Waals surface area contributed by atoms with Gasteiger partial charge in [-0.1, -0.05) is 12.1 Å². The summed E-state index contributed by atoms with van der Waals surface area (Å²) in [4.78, 5) is 0. The van der Waals surface area contributed by atoms with Crippen LogP contribution in [0.25, 0.3) is 11.3 Å². The number of ether oxygens (including phenoxy) is 6. The van der Waals surface area contributed by atoms with Crippen molar-refractivity contribution >= 4 is 11.3 Å². The molecule has 0 spiro atoms. The quantitative estimate of drug-likeness (QED) is 0.145. The summed E-state index contributed by atoms with van der Waals surface area (Å²) in [6.07, 6.45) is -15.2. The minimum absolute atomic E-state index is 0.00712. The van der Waals surface area contributed by atoms with Crippen molar-refractivity contribution in [1.29, 1.82) is 0 Å². The molecule has 0 radical (unpaired) electrons. The van der Waals surface area contributed by atoms with E-state index in [1.165, 1.54) is 31.2 Å². The van der Waals surface area contributed by atoms with Crippen LogP contribution in [-0.2, 0) is 18.9 Å². The van der Waals surface area contributed by atoms with Crippen molar-refractivity contribution in [2.24, 2.45) is 0 Å². The van der Waals surface area contributed by atoms with Gasteiger partial charge < -0.3 is 84.6 Å². The molecule has 11 N–H and O–H groups in total. The molecule has 4 aliphatic rings. The molecule has 52 heavy (non-hydrogen) atoms. The van der Waals surface area contributed by atoms with Crippen LogP contribution in [0.15, 0.2) is 60.4 Å².